The summed E-state index contributed by atoms with van der Waals surface area (Å²) in [5, 5.41) is 0. The smallest absolute Gasteiger partial charge is 0.460 e. The SMILES string of the molecule is CCO[Si](C/C=C(\C)CCC(=O)OC(C)(C)C)(OCC)OCC. The molecular weight excluding hydrogens is 312 g/mol. The Morgan fingerprint density at radius 3 is 1.83 bits per heavy atom. The predicted octanol–water partition coefficient (Wildman–Crippen LogP) is 4.10. The summed E-state index contributed by atoms with van der Waals surface area (Å²) in [5.74, 6) is -0.173. The molecule has 0 aliphatic rings. The minimum absolute atomic E-state index is 0.173. The first kappa shape index (κ1) is 22.3. The molecule has 0 heterocycles. The molecule has 0 aromatic rings. The zero-order valence-corrected chi connectivity index (χ0v) is 16.9. The Balaban J connectivity index is 4.59. The molecule has 0 aliphatic carbocycles. The van der Waals surface area contributed by atoms with Crippen LogP contribution in [-0.2, 0) is 22.8 Å². The summed E-state index contributed by atoms with van der Waals surface area (Å²) in [6.45, 7) is 15.2. The van der Waals surface area contributed by atoms with E-state index in [-0.39, 0.29) is 5.97 Å². The van der Waals surface area contributed by atoms with Crippen LogP contribution in [0.3, 0.4) is 0 Å². The van der Waals surface area contributed by atoms with Crippen molar-refractivity contribution >= 4 is 14.8 Å². The van der Waals surface area contributed by atoms with E-state index in [0.29, 0.717) is 38.7 Å². The van der Waals surface area contributed by atoms with Crippen molar-refractivity contribution in [3.8, 4) is 0 Å². The highest BCUT2D eigenvalue weighted by molar-refractivity contribution is 6.61. The number of carbonyl (C=O) groups is 1. The number of esters is 1. The molecule has 6 heteroatoms. The quantitative estimate of drug-likeness (QED) is 0.320. The molecule has 0 radical (unpaired) electrons. The lowest BCUT2D eigenvalue weighted by Crippen LogP contribution is -2.45. The van der Waals surface area contributed by atoms with Gasteiger partial charge in [-0.1, -0.05) is 11.6 Å². The van der Waals surface area contributed by atoms with Crippen LogP contribution >= 0.6 is 0 Å². The highest BCUT2D eigenvalue weighted by Gasteiger charge is 2.39. The van der Waals surface area contributed by atoms with Crippen molar-refractivity contribution in [2.45, 2.75) is 73.0 Å². The van der Waals surface area contributed by atoms with Crippen LogP contribution in [-0.4, -0.2) is 40.2 Å². The molecule has 0 unspecified atom stereocenters. The lowest BCUT2D eigenvalue weighted by molar-refractivity contribution is -0.154. The van der Waals surface area contributed by atoms with Gasteiger partial charge in [0.15, 0.2) is 0 Å². The van der Waals surface area contributed by atoms with Gasteiger partial charge in [-0.3, -0.25) is 4.79 Å². The Kier molecular flexibility index (Phi) is 10.6. The summed E-state index contributed by atoms with van der Waals surface area (Å²) in [4.78, 5) is 11.8. The minimum Gasteiger partial charge on any atom is -0.460 e. The third kappa shape index (κ3) is 10.7. The molecule has 0 spiro atoms. The zero-order chi connectivity index (χ0) is 17.9. The Morgan fingerprint density at radius 1 is 0.957 bits per heavy atom. The fraction of sp³-hybridized carbons (Fsp3) is 0.824. The van der Waals surface area contributed by atoms with E-state index in [1.165, 1.54) is 0 Å². The molecule has 0 atom stereocenters. The van der Waals surface area contributed by atoms with Crippen LogP contribution in [0.2, 0.25) is 6.04 Å². The lowest BCUT2D eigenvalue weighted by Gasteiger charge is -2.27. The van der Waals surface area contributed by atoms with E-state index < -0.39 is 14.4 Å². The van der Waals surface area contributed by atoms with E-state index in [1.807, 2.05) is 48.5 Å². The summed E-state index contributed by atoms with van der Waals surface area (Å²) >= 11 is 0. The molecule has 0 aromatic heterocycles. The molecule has 23 heavy (non-hydrogen) atoms. The van der Waals surface area contributed by atoms with Gasteiger partial charge in [-0.25, -0.2) is 0 Å². The maximum Gasteiger partial charge on any atom is 0.504 e. The number of ether oxygens (including phenoxy) is 1. The number of carbonyl (C=O) groups excluding carboxylic acids is 1. The topological polar surface area (TPSA) is 54.0 Å². The van der Waals surface area contributed by atoms with Crippen molar-refractivity contribution in [2.24, 2.45) is 0 Å². The van der Waals surface area contributed by atoms with Gasteiger partial charge >= 0.3 is 14.8 Å². The molecule has 0 N–H and O–H groups in total. The van der Waals surface area contributed by atoms with Crippen molar-refractivity contribution in [2.75, 3.05) is 19.8 Å². The monoisotopic (exact) mass is 346 g/mol. The standard InChI is InChI=1S/C17H34O5Si/c1-8-19-23(20-9-2,21-10-3)14-13-15(4)11-12-16(18)22-17(5,6)7/h13H,8-12,14H2,1-7H3/b15-13+. The van der Waals surface area contributed by atoms with E-state index in [4.69, 9.17) is 18.0 Å². The minimum atomic E-state index is -2.65. The van der Waals surface area contributed by atoms with Crippen molar-refractivity contribution < 1.29 is 22.8 Å². The normalized spacial score (nSPS) is 13.3. The number of hydrogen-bond acceptors (Lipinski definition) is 5. The van der Waals surface area contributed by atoms with Crippen molar-refractivity contribution in [3.63, 3.8) is 0 Å². The van der Waals surface area contributed by atoms with Crippen LogP contribution in [0.25, 0.3) is 0 Å². The average Bonchev–Trinajstić information content (AvgIpc) is 2.42. The Bertz CT molecular complexity index is 357. The maximum absolute atomic E-state index is 11.8. The van der Waals surface area contributed by atoms with Crippen LogP contribution in [0.1, 0.15) is 61.3 Å². The van der Waals surface area contributed by atoms with Crippen LogP contribution in [0.4, 0.5) is 0 Å². The molecule has 0 amide bonds. The van der Waals surface area contributed by atoms with Gasteiger partial charge in [0.05, 0.1) is 0 Å². The van der Waals surface area contributed by atoms with Crippen molar-refractivity contribution in [1.29, 1.82) is 0 Å². The van der Waals surface area contributed by atoms with Gasteiger partial charge in [0.1, 0.15) is 5.60 Å². The third-order valence-electron chi connectivity index (χ3n) is 2.94. The van der Waals surface area contributed by atoms with Gasteiger partial charge in [-0.2, -0.15) is 0 Å². The first-order valence-corrected chi connectivity index (χ1v) is 10.4. The fourth-order valence-electron chi connectivity index (χ4n) is 2.05. The van der Waals surface area contributed by atoms with E-state index in [0.717, 1.165) is 5.57 Å². The largest absolute Gasteiger partial charge is 0.504 e. The van der Waals surface area contributed by atoms with Gasteiger partial charge in [0.25, 0.3) is 0 Å². The second kappa shape index (κ2) is 11.0. The summed E-state index contributed by atoms with van der Waals surface area (Å²) in [7, 11) is -2.65. The first-order valence-electron chi connectivity index (χ1n) is 8.47. The lowest BCUT2D eigenvalue weighted by atomic mass is 10.1. The van der Waals surface area contributed by atoms with Gasteiger partial charge in [0, 0.05) is 32.3 Å². The molecule has 0 aliphatic heterocycles. The maximum atomic E-state index is 11.8. The Labute approximate surface area is 142 Å². The highest BCUT2D eigenvalue weighted by Crippen LogP contribution is 2.19. The fourth-order valence-corrected chi connectivity index (χ4v) is 4.58. The van der Waals surface area contributed by atoms with Gasteiger partial charge in [-0.05, 0) is 54.9 Å². The first-order chi connectivity index (χ1) is 10.7. The number of hydrogen-bond donors (Lipinski definition) is 0. The summed E-state index contributed by atoms with van der Waals surface area (Å²) in [6.07, 6.45) is 3.12. The van der Waals surface area contributed by atoms with E-state index >= 15 is 0 Å². The zero-order valence-electron chi connectivity index (χ0n) is 15.9. The molecule has 0 saturated heterocycles. The molecule has 0 rings (SSSR count). The van der Waals surface area contributed by atoms with E-state index in [1.54, 1.807) is 0 Å². The molecule has 0 saturated carbocycles. The summed E-state index contributed by atoms with van der Waals surface area (Å²) in [6, 6.07) is 0.628. The molecule has 136 valence electrons. The van der Waals surface area contributed by atoms with Gasteiger partial charge in [-0.15, -0.1) is 0 Å². The van der Waals surface area contributed by atoms with Crippen LogP contribution in [0.15, 0.2) is 11.6 Å². The predicted molar refractivity (Wildman–Crippen MR) is 94.3 cm³/mol. The van der Waals surface area contributed by atoms with E-state index in [9.17, 15) is 4.79 Å². The Hall–Kier alpha value is -0.693. The summed E-state index contributed by atoms with van der Waals surface area (Å²) < 4.78 is 22.7. The van der Waals surface area contributed by atoms with Crippen molar-refractivity contribution in [3.05, 3.63) is 11.6 Å². The van der Waals surface area contributed by atoms with Crippen LogP contribution in [0.5, 0.6) is 0 Å². The molecule has 0 fully saturated rings. The highest BCUT2D eigenvalue weighted by atomic mass is 28.4. The summed E-state index contributed by atoms with van der Waals surface area (Å²) in [5.41, 5.74) is 0.683. The Morgan fingerprint density at radius 2 is 1.43 bits per heavy atom. The molecule has 5 nitrogen and oxygen atoms in total. The molecular formula is C17H34O5Si. The third-order valence-corrected chi connectivity index (χ3v) is 5.83. The van der Waals surface area contributed by atoms with Gasteiger partial charge < -0.3 is 18.0 Å². The van der Waals surface area contributed by atoms with Crippen LogP contribution in [0, 0.1) is 0 Å². The van der Waals surface area contributed by atoms with Gasteiger partial charge in [0.2, 0.25) is 0 Å². The number of rotatable bonds is 11. The second-order valence-corrected chi connectivity index (χ2v) is 8.96. The van der Waals surface area contributed by atoms with Crippen LogP contribution < -0.4 is 0 Å². The van der Waals surface area contributed by atoms with E-state index in [2.05, 4.69) is 6.08 Å². The second-order valence-electron chi connectivity index (χ2n) is 6.32. The van der Waals surface area contributed by atoms with Crippen molar-refractivity contribution in [1.82, 2.24) is 0 Å². The molecule has 0 bridgehead atoms. The molecule has 0 aromatic carbocycles. The number of allylic oxidation sites excluding steroid dienone is 2. The average molecular weight is 347 g/mol.